The first kappa shape index (κ1) is 17.1. The minimum atomic E-state index is -1.03. The average Bonchev–Trinajstić information content (AvgIpc) is 2.34. The van der Waals surface area contributed by atoms with Crippen molar-refractivity contribution in [2.24, 2.45) is 11.8 Å². The molecule has 0 heterocycles. The summed E-state index contributed by atoms with van der Waals surface area (Å²) in [5.41, 5.74) is 0.828. The number of rotatable bonds is 7. The monoisotopic (exact) mass is 295 g/mol. The van der Waals surface area contributed by atoms with Crippen LogP contribution in [-0.2, 0) is 16.0 Å². The Morgan fingerprint density at radius 3 is 2.48 bits per heavy atom. The SMILES string of the molecule is CC(CC(=O)N[C@@H](C(=O)O)C(C)C)Cc1cccc(F)c1. The van der Waals surface area contributed by atoms with Crippen molar-refractivity contribution >= 4 is 11.9 Å². The maximum absolute atomic E-state index is 13.1. The van der Waals surface area contributed by atoms with E-state index in [1.54, 1.807) is 19.9 Å². The molecule has 5 heteroatoms. The van der Waals surface area contributed by atoms with E-state index in [2.05, 4.69) is 5.32 Å². The lowest BCUT2D eigenvalue weighted by atomic mass is 9.97. The lowest BCUT2D eigenvalue weighted by molar-refractivity contribution is -0.143. The second-order valence-electron chi connectivity index (χ2n) is 5.77. The molecule has 0 spiro atoms. The lowest BCUT2D eigenvalue weighted by Crippen LogP contribution is -2.44. The van der Waals surface area contributed by atoms with Gasteiger partial charge in [0.2, 0.25) is 5.91 Å². The predicted molar refractivity (Wildman–Crippen MR) is 78.3 cm³/mol. The number of benzene rings is 1. The lowest BCUT2D eigenvalue weighted by Gasteiger charge is -2.19. The Balaban J connectivity index is 2.52. The number of carboxylic acid groups (broad SMARTS) is 1. The molecule has 0 aliphatic rings. The maximum Gasteiger partial charge on any atom is 0.326 e. The summed E-state index contributed by atoms with van der Waals surface area (Å²) >= 11 is 0. The number of carboxylic acids is 1. The number of hydrogen-bond acceptors (Lipinski definition) is 2. The Bertz CT molecular complexity index is 502. The van der Waals surface area contributed by atoms with Crippen LogP contribution >= 0.6 is 0 Å². The van der Waals surface area contributed by atoms with Crippen LogP contribution in [0.5, 0.6) is 0 Å². The molecular weight excluding hydrogens is 273 g/mol. The molecule has 0 aliphatic carbocycles. The normalized spacial score (nSPS) is 13.8. The van der Waals surface area contributed by atoms with E-state index < -0.39 is 12.0 Å². The second-order valence-corrected chi connectivity index (χ2v) is 5.77. The first-order valence-corrected chi connectivity index (χ1v) is 7.06. The summed E-state index contributed by atoms with van der Waals surface area (Å²) in [5.74, 6) is -1.79. The fourth-order valence-electron chi connectivity index (χ4n) is 2.20. The van der Waals surface area contributed by atoms with Crippen LogP contribution in [0.25, 0.3) is 0 Å². The van der Waals surface area contributed by atoms with Gasteiger partial charge in [0.25, 0.3) is 0 Å². The standard InChI is InChI=1S/C16H22FNO3/c1-10(2)15(16(20)21)18-14(19)8-11(3)7-12-5-4-6-13(17)9-12/h4-6,9-11,15H,7-8H2,1-3H3,(H,18,19)(H,20,21)/t11?,15-/m1/s1. The highest BCUT2D eigenvalue weighted by molar-refractivity contribution is 5.83. The van der Waals surface area contributed by atoms with Gasteiger partial charge in [-0.15, -0.1) is 0 Å². The molecule has 0 aromatic heterocycles. The van der Waals surface area contributed by atoms with E-state index in [0.717, 1.165) is 5.56 Å². The van der Waals surface area contributed by atoms with Gasteiger partial charge in [0, 0.05) is 6.42 Å². The molecule has 0 saturated carbocycles. The van der Waals surface area contributed by atoms with Gasteiger partial charge in [0.15, 0.2) is 0 Å². The summed E-state index contributed by atoms with van der Waals surface area (Å²) in [5, 5.41) is 11.6. The topological polar surface area (TPSA) is 66.4 Å². The smallest absolute Gasteiger partial charge is 0.326 e. The minimum Gasteiger partial charge on any atom is -0.480 e. The Labute approximate surface area is 124 Å². The van der Waals surface area contributed by atoms with Crippen LogP contribution in [-0.4, -0.2) is 23.0 Å². The number of carbonyl (C=O) groups excluding carboxylic acids is 1. The molecular formula is C16H22FNO3. The summed E-state index contributed by atoms with van der Waals surface area (Å²) < 4.78 is 13.1. The van der Waals surface area contributed by atoms with Gasteiger partial charge < -0.3 is 10.4 Å². The quantitative estimate of drug-likeness (QED) is 0.812. The van der Waals surface area contributed by atoms with E-state index in [9.17, 15) is 14.0 Å². The first-order valence-electron chi connectivity index (χ1n) is 7.06. The predicted octanol–water partition coefficient (Wildman–Crippen LogP) is 2.62. The van der Waals surface area contributed by atoms with Gasteiger partial charge in [-0.3, -0.25) is 4.79 Å². The molecule has 116 valence electrons. The third kappa shape index (κ3) is 5.94. The molecule has 0 saturated heterocycles. The third-order valence-corrected chi connectivity index (χ3v) is 3.26. The van der Waals surface area contributed by atoms with Gasteiger partial charge in [0.1, 0.15) is 11.9 Å². The Morgan fingerprint density at radius 2 is 1.95 bits per heavy atom. The molecule has 1 aromatic rings. The van der Waals surface area contributed by atoms with Crippen molar-refractivity contribution in [2.45, 2.75) is 39.7 Å². The van der Waals surface area contributed by atoms with Gasteiger partial charge in [-0.25, -0.2) is 9.18 Å². The van der Waals surface area contributed by atoms with Crippen LogP contribution in [0.2, 0.25) is 0 Å². The second kappa shape index (κ2) is 7.76. The number of halogens is 1. The summed E-state index contributed by atoms with van der Waals surface area (Å²) in [6.45, 7) is 5.38. The molecule has 1 rings (SSSR count). The largest absolute Gasteiger partial charge is 0.480 e. The van der Waals surface area contributed by atoms with Crippen molar-refractivity contribution in [3.05, 3.63) is 35.6 Å². The summed E-state index contributed by atoms with van der Waals surface area (Å²) in [6, 6.07) is 5.39. The molecule has 21 heavy (non-hydrogen) atoms. The number of amides is 1. The van der Waals surface area contributed by atoms with Crippen molar-refractivity contribution in [1.29, 1.82) is 0 Å². The molecule has 2 N–H and O–H groups in total. The fraction of sp³-hybridized carbons (Fsp3) is 0.500. The van der Waals surface area contributed by atoms with Crippen molar-refractivity contribution in [3.8, 4) is 0 Å². The van der Waals surface area contributed by atoms with Crippen molar-refractivity contribution < 1.29 is 19.1 Å². The van der Waals surface area contributed by atoms with Crippen LogP contribution in [0.3, 0.4) is 0 Å². The third-order valence-electron chi connectivity index (χ3n) is 3.26. The Morgan fingerprint density at radius 1 is 1.29 bits per heavy atom. The minimum absolute atomic E-state index is 0.00778. The van der Waals surface area contributed by atoms with Crippen molar-refractivity contribution in [2.75, 3.05) is 0 Å². The average molecular weight is 295 g/mol. The molecule has 4 nitrogen and oxygen atoms in total. The van der Waals surface area contributed by atoms with Crippen LogP contribution in [0.1, 0.15) is 32.8 Å². The number of carbonyl (C=O) groups is 2. The molecule has 0 bridgehead atoms. The van der Waals surface area contributed by atoms with E-state index in [-0.39, 0.29) is 30.0 Å². The Kier molecular flexibility index (Phi) is 6.34. The molecule has 1 unspecified atom stereocenters. The van der Waals surface area contributed by atoms with Crippen molar-refractivity contribution in [3.63, 3.8) is 0 Å². The fourth-order valence-corrected chi connectivity index (χ4v) is 2.20. The molecule has 0 aliphatic heterocycles. The van der Waals surface area contributed by atoms with Gasteiger partial charge in [-0.05, 0) is 36.0 Å². The summed E-state index contributed by atoms with van der Waals surface area (Å²) in [6.07, 6.45) is 0.789. The summed E-state index contributed by atoms with van der Waals surface area (Å²) in [7, 11) is 0. The van der Waals surface area contributed by atoms with E-state index in [4.69, 9.17) is 5.11 Å². The molecule has 2 atom stereocenters. The van der Waals surface area contributed by atoms with E-state index in [1.807, 2.05) is 13.0 Å². The summed E-state index contributed by atoms with van der Waals surface area (Å²) in [4.78, 5) is 22.9. The van der Waals surface area contributed by atoms with Gasteiger partial charge >= 0.3 is 5.97 Å². The zero-order valence-corrected chi connectivity index (χ0v) is 12.6. The Hall–Kier alpha value is -1.91. The molecule has 0 radical (unpaired) electrons. The number of nitrogens with one attached hydrogen (secondary N) is 1. The van der Waals surface area contributed by atoms with Crippen molar-refractivity contribution in [1.82, 2.24) is 5.32 Å². The first-order chi connectivity index (χ1) is 9.79. The van der Waals surface area contributed by atoms with Crippen LogP contribution < -0.4 is 5.32 Å². The zero-order valence-electron chi connectivity index (χ0n) is 12.6. The highest BCUT2D eigenvalue weighted by Crippen LogP contribution is 2.13. The number of hydrogen-bond donors (Lipinski definition) is 2. The van der Waals surface area contributed by atoms with E-state index >= 15 is 0 Å². The van der Waals surface area contributed by atoms with Gasteiger partial charge in [0.05, 0.1) is 0 Å². The highest BCUT2D eigenvalue weighted by atomic mass is 19.1. The van der Waals surface area contributed by atoms with E-state index in [0.29, 0.717) is 6.42 Å². The molecule has 1 aromatic carbocycles. The number of aliphatic carboxylic acids is 1. The maximum atomic E-state index is 13.1. The van der Waals surface area contributed by atoms with Gasteiger partial charge in [-0.1, -0.05) is 32.9 Å². The van der Waals surface area contributed by atoms with Crippen LogP contribution in [0, 0.1) is 17.7 Å². The van der Waals surface area contributed by atoms with Crippen LogP contribution in [0.15, 0.2) is 24.3 Å². The van der Waals surface area contributed by atoms with E-state index in [1.165, 1.54) is 12.1 Å². The molecule has 1 amide bonds. The highest BCUT2D eigenvalue weighted by Gasteiger charge is 2.23. The van der Waals surface area contributed by atoms with Crippen LogP contribution in [0.4, 0.5) is 4.39 Å². The van der Waals surface area contributed by atoms with Gasteiger partial charge in [-0.2, -0.15) is 0 Å². The zero-order chi connectivity index (χ0) is 16.0. The molecule has 0 fully saturated rings.